The maximum absolute atomic E-state index is 13.3. The minimum Gasteiger partial charge on any atom is -0.466 e. The van der Waals surface area contributed by atoms with Gasteiger partial charge in [0.25, 0.3) is 0 Å². The number of halogens is 1. The summed E-state index contributed by atoms with van der Waals surface area (Å²) in [6, 6.07) is 15.9. The van der Waals surface area contributed by atoms with Crippen LogP contribution in [0.5, 0.6) is 0 Å². The minimum absolute atomic E-state index is 0.0963. The lowest BCUT2D eigenvalue weighted by Crippen LogP contribution is -2.32. The van der Waals surface area contributed by atoms with E-state index in [1.807, 2.05) is 67.7 Å². The van der Waals surface area contributed by atoms with Gasteiger partial charge in [0.2, 0.25) is 0 Å². The molecule has 0 aliphatic carbocycles. The highest BCUT2D eigenvalue weighted by Crippen LogP contribution is 2.39. The van der Waals surface area contributed by atoms with E-state index in [1.165, 1.54) is 7.11 Å². The van der Waals surface area contributed by atoms with E-state index in [-0.39, 0.29) is 6.61 Å². The van der Waals surface area contributed by atoms with E-state index >= 15 is 0 Å². The van der Waals surface area contributed by atoms with E-state index in [9.17, 15) is 9.59 Å². The number of esters is 2. The molecule has 1 unspecified atom stereocenters. The van der Waals surface area contributed by atoms with Crippen LogP contribution < -0.4 is 5.32 Å². The summed E-state index contributed by atoms with van der Waals surface area (Å²) < 4.78 is 11.7. The van der Waals surface area contributed by atoms with Crippen LogP contribution in [0.25, 0.3) is 6.08 Å². The molecular formula is C29H28IN3O4. The summed E-state index contributed by atoms with van der Waals surface area (Å²) >= 11 is 2.22. The summed E-state index contributed by atoms with van der Waals surface area (Å²) in [7, 11) is 1.34. The maximum atomic E-state index is 13.3. The Morgan fingerprint density at radius 1 is 1.05 bits per heavy atom. The topological polar surface area (TPSA) is 93.3 Å². The van der Waals surface area contributed by atoms with E-state index in [1.54, 1.807) is 19.2 Å². The first-order valence-electron chi connectivity index (χ1n) is 11.8. The van der Waals surface area contributed by atoms with Crippen molar-refractivity contribution in [2.75, 3.05) is 13.7 Å². The Morgan fingerprint density at radius 2 is 1.78 bits per heavy atom. The number of aromatic amines is 1. The van der Waals surface area contributed by atoms with Crippen LogP contribution in [0, 0.1) is 3.57 Å². The third-order valence-electron chi connectivity index (χ3n) is 6.09. The normalized spacial score (nSPS) is 15.6. The van der Waals surface area contributed by atoms with Gasteiger partial charge >= 0.3 is 11.9 Å². The predicted octanol–water partition coefficient (Wildman–Crippen LogP) is 5.27. The number of imidazole rings is 1. The summed E-state index contributed by atoms with van der Waals surface area (Å²) in [6.45, 7) is 3.72. The SMILES string of the molecule is COC(=O)C1=C(C)NC(C)=C(C(=O)OCC=Cc2ccc(Cc3ncc[nH]3)cc2)C1c1cccc(I)c1. The van der Waals surface area contributed by atoms with Crippen LogP contribution in [-0.2, 0) is 25.5 Å². The van der Waals surface area contributed by atoms with E-state index in [0.717, 1.165) is 32.5 Å². The first-order valence-corrected chi connectivity index (χ1v) is 12.9. The summed E-state index contributed by atoms with van der Waals surface area (Å²) in [5.74, 6) is -0.647. The highest BCUT2D eigenvalue weighted by atomic mass is 127. The van der Waals surface area contributed by atoms with Gasteiger partial charge in [-0.15, -0.1) is 0 Å². The number of benzene rings is 2. The number of carbonyl (C=O) groups is 2. The van der Waals surface area contributed by atoms with Gasteiger partial charge in [0.15, 0.2) is 0 Å². The van der Waals surface area contributed by atoms with Gasteiger partial charge in [-0.25, -0.2) is 14.6 Å². The second-order valence-electron chi connectivity index (χ2n) is 8.64. The molecule has 2 N–H and O–H groups in total. The zero-order valence-electron chi connectivity index (χ0n) is 20.9. The average Bonchev–Trinajstić information content (AvgIpc) is 3.39. The summed E-state index contributed by atoms with van der Waals surface area (Å²) in [5, 5.41) is 3.16. The number of carbonyl (C=O) groups excluding carboxylic acids is 2. The Balaban J connectivity index is 1.47. The molecule has 2 heterocycles. The number of dihydropyridines is 1. The molecule has 1 aliphatic heterocycles. The lowest BCUT2D eigenvalue weighted by molar-refractivity contribution is -0.138. The molecule has 0 fully saturated rings. The van der Waals surface area contributed by atoms with Crippen LogP contribution in [0.3, 0.4) is 0 Å². The molecule has 3 aromatic rings. The van der Waals surface area contributed by atoms with Crippen molar-refractivity contribution in [3.63, 3.8) is 0 Å². The molecule has 1 aromatic heterocycles. The highest BCUT2D eigenvalue weighted by Gasteiger charge is 2.37. The van der Waals surface area contributed by atoms with Crippen LogP contribution in [0.15, 0.2) is 89.5 Å². The number of hydrogen-bond donors (Lipinski definition) is 2. The zero-order chi connectivity index (χ0) is 26.4. The van der Waals surface area contributed by atoms with Gasteiger partial charge in [0.1, 0.15) is 12.4 Å². The Bertz CT molecular complexity index is 1370. The van der Waals surface area contributed by atoms with Crippen molar-refractivity contribution >= 4 is 40.6 Å². The molecule has 2 aromatic carbocycles. The number of rotatable bonds is 8. The Kier molecular flexibility index (Phi) is 8.60. The smallest absolute Gasteiger partial charge is 0.337 e. The number of allylic oxidation sites excluding steroid dienone is 2. The summed E-state index contributed by atoms with van der Waals surface area (Å²) in [4.78, 5) is 33.4. The fraction of sp³-hybridized carbons (Fsp3) is 0.207. The number of ether oxygens (including phenoxy) is 2. The number of methoxy groups -OCH3 is 1. The van der Waals surface area contributed by atoms with Crippen molar-refractivity contribution < 1.29 is 19.1 Å². The van der Waals surface area contributed by atoms with Crippen molar-refractivity contribution in [3.05, 3.63) is 116 Å². The second-order valence-corrected chi connectivity index (χ2v) is 9.88. The fourth-order valence-electron chi connectivity index (χ4n) is 4.38. The summed E-state index contributed by atoms with van der Waals surface area (Å²) in [5.41, 5.74) is 5.06. The Morgan fingerprint density at radius 3 is 2.43 bits per heavy atom. The number of hydrogen-bond acceptors (Lipinski definition) is 6. The Hall–Kier alpha value is -3.66. The number of nitrogens with one attached hydrogen (secondary N) is 2. The first-order chi connectivity index (χ1) is 17.9. The molecule has 4 rings (SSSR count). The van der Waals surface area contributed by atoms with Crippen LogP contribution in [0.2, 0.25) is 0 Å². The molecule has 1 aliphatic rings. The Labute approximate surface area is 229 Å². The maximum Gasteiger partial charge on any atom is 0.337 e. The number of H-pyrrole nitrogens is 1. The molecule has 8 heteroatoms. The summed E-state index contributed by atoms with van der Waals surface area (Å²) in [6.07, 6.45) is 8.00. The van der Waals surface area contributed by atoms with Gasteiger partial charge < -0.3 is 19.8 Å². The van der Waals surface area contributed by atoms with Crippen molar-refractivity contribution in [1.29, 1.82) is 0 Å². The zero-order valence-corrected chi connectivity index (χ0v) is 23.0. The van der Waals surface area contributed by atoms with Crippen LogP contribution in [0.1, 0.15) is 42.3 Å². The molecule has 190 valence electrons. The third-order valence-corrected chi connectivity index (χ3v) is 6.77. The van der Waals surface area contributed by atoms with Crippen molar-refractivity contribution in [2.45, 2.75) is 26.2 Å². The van der Waals surface area contributed by atoms with Crippen molar-refractivity contribution in [1.82, 2.24) is 15.3 Å². The second kappa shape index (κ2) is 12.1. The molecule has 0 radical (unpaired) electrons. The number of aromatic nitrogens is 2. The molecule has 7 nitrogen and oxygen atoms in total. The molecule has 0 spiro atoms. The molecule has 0 saturated heterocycles. The predicted molar refractivity (Wildman–Crippen MR) is 150 cm³/mol. The lowest BCUT2D eigenvalue weighted by atomic mass is 9.80. The molecule has 0 saturated carbocycles. The van der Waals surface area contributed by atoms with Crippen LogP contribution >= 0.6 is 22.6 Å². The van der Waals surface area contributed by atoms with Gasteiger partial charge in [-0.1, -0.05) is 42.5 Å². The third kappa shape index (κ3) is 6.37. The van der Waals surface area contributed by atoms with Crippen LogP contribution in [-0.4, -0.2) is 35.6 Å². The van der Waals surface area contributed by atoms with Crippen molar-refractivity contribution in [3.8, 4) is 0 Å². The largest absolute Gasteiger partial charge is 0.466 e. The monoisotopic (exact) mass is 609 g/mol. The molecular weight excluding hydrogens is 581 g/mol. The van der Waals surface area contributed by atoms with E-state index in [4.69, 9.17) is 9.47 Å². The van der Waals surface area contributed by atoms with Crippen LogP contribution in [0.4, 0.5) is 0 Å². The quantitative estimate of drug-likeness (QED) is 0.267. The van der Waals surface area contributed by atoms with E-state index < -0.39 is 17.9 Å². The molecule has 1 atom stereocenters. The molecule has 0 bridgehead atoms. The fourth-order valence-corrected chi connectivity index (χ4v) is 4.95. The minimum atomic E-state index is -0.596. The highest BCUT2D eigenvalue weighted by molar-refractivity contribution is 14.1. The van der Waals surface area contributed by atoms with Gasteiger partial charge in [-0.2, -0.15) is 0 Å². The van der Waals surface area contributed by atoms with Gasteiger partial charge in [-0.3, -0.25) is 0 Å². The lowest BCUT2D eigenvalue weighted by Gasteiger charge is -2.30. The van der Waals surface area contributed by atoms with Gasteiger partial charge in [0.05, 0.1) is 24.2 Å². The molecule has 37 heavy (non-hydrogen) atoms. The van der Waals surface area contributed by atoms with E-state index in [2.05, 4.69) is 37.9 Å². The van der Waals surface area contributed by atoms with Gasteiger partial charge in [-0.05, 0) is 71.3 Å². The standard InChI is InChI=1S/C29H28IN3O4/c1-18-25(28(34)36-3)27(22-7-4-8-23(30)17-22)26(19(2)33-18)29(35)37-15-5-6-20-9-11-21(12-10-20)16-24-31-13-14-32-24/h4-14,17,27,33H,15-16H2,1-3H3,(H,31,32). The van der Waals surface area contributed by atoms with Gasteiger partial charge in [0, 0.05) is 33.8 Å². The first kappa shape index (κ1) is 26.4. The average molecular weight is 609 g/mol. The number of nitrogens with zero attached hydrogens (tertiary/aromatic N) is 1. The van der Waals surface area contributed by atoms with Crippen molar-refractivity contribution in [2.24, 2.45) is 0 Å². The van der Waals surface area contributed by atoms with E-state index in [0.29, 0.717) is 22.5 Å². The molecule has 0 amide bonds.